The fraction of sp³-hybridized carbons (Fsp3) is 0.818. The quantitative estimate of drug-likeness (QED) is 0.326. The van der Waals surface area contributed by atoms with Crippen LogP contribution in [0.5, 0.6) is 0 Å². The van der Waals surface area contributed by atoms with E-state index < -0.39 is 12.2 Å². The minimum atomic E-state index is -0.630. The first kappa shape index (κ1) is 22.1. The molecule has 0 heterocycles. The zero-order valence-electron chi connectivity index (χ0n) is 16.8. The summed E-state index contributed by atoms with van der Waals surface area (Å²) < 4.78 is 4.63. The van der Waals surface area contributed by atoms with Gasteiger partial charge in [-0.05, 0) is 37.5 Å². The van der Waals surface area contributed by atoms with Crippen LogP contribution in [-0.2, 0) is 14.3 Å². The fourth-order valence-corrected chi connectivity index (χ4v) is 4.48. The van der Waals surface area contributed by atoms with Crippen LogP contribution in [0.15, 0.2) is 12.2 Å². The number of aliphatic hydroxyl groups excluding tert-OH is 2. The Kier molecular flexibility index (Phi) is 8.97. The molecule has 2 aliphatic rings. The van der Waals surface area contributed by atoms with E-state index in [0.717, 1.165) is 50.9 Å². The second kappa shape index (κ2) is 11.0. The van der Waals surface area contributed by atoms with E-state index in [1.165, 1.54) is 13.5 Å². The summed E-state index contributed by atoms with van der Waals surface area (Å²) in [6, 6.07) is 0. The van der Waals surface area contributed by atoms with Crippen molar-refractivity contribution in [3.8, 4) is 0 Å². The molecular weight excluding hydrogens is 344 g/mol. The molecule has 0 bridgehead atoms. The van der Waals surface area contributed by atoms with Crippen molar-refractivity contribution < 1.29 is 24.5 Å². The highest BCUT2D eigenvalue weighted by Gasteiger charge is 2.40. The third kappa shape index (κ3) is 6.42. The average Bonchev–Trinajstić information content (AvgIpc) is 2.87. The number of Topliss-reactive ketones (excluding diaryl/α,β-unsaturated/α-hetero) is 1. The van der Waals surface area contributed by atoms with Gasteiger partial charge in [0, 0.05) is 24.7 Å². The van der Waals surface area contributed by atoms with E-state index in [1.54, 1.807) is 0 Å². The highest BCUT2D eigenvalue weighted by molar-refractivity contribution is 5.84. The Morgan fingerprint density at radius 3 is 2.63 bits per heavy atom. The van der Waals surface area contributed by atoms with Crippen molar-refractivity contribution in [2.24, 2.45) is 23.7 Å². The van der Waals surface area contributed by atoms with Crippen LogP contribution < -0.4 is 0 Å². The van der Waals surface area contributed by atoms with Gasteiger partial charge in [-0.3, -0.25) is 9.59 Å². The van der Waals surface area contributed by atoms with Gasteiger partial charge >= 0.3 is 5.97 Å². The van der Waals surface area contributed by atoms with Crippen molar-refractivity contribution in [3.05, 3.63) is 12.2 Å². The Bertz CT molecular complexity index is 509. The van der Waals surface area contributed by atoms with Crippen molar-refractivity contribution in [1.82, 2.24) is 0 Å². The molecule has 2 rings (SSSR count). The molecule has 0 saturated heterocycles. The van der Waals surface area contributed by atoms with Crippen LogP contribution in [0, 0.1) is 23.7 Å². The molecule has 2 aliphatic carbocycles. The lowest BCUT2D eigenvalue weighted by Gasteiger charge is -2.37. The topological polar surface area (TPSA) is 83.8 Å². The number of hydrogen-bond donors (Lipinski definition) is 2. The molecule has 0 unspecified atom stereocenters. The molecule has 2 saturated carbocycles. The number of methoxy groups -OCH3 is 1. The predicted octanol–water partition coefficient (Wildman–Crippen LogP) is 3.42. The van der Waals surface area contributed by atoms with Crippen LogP contribution >= 0.6 is 0 Å². The Labute approximate surface area is 163 Å². The highest BCUT2D eigenvalue weighted by Crippen LogP contribution is 2.39. The van der Waals surface area contributed by atoms with Crippen molar-refractivity contribution in [2.45, 2.75) is 83.3 Å². The maximum Gasteiger partial charge on any atom is 0.305 e. The summed E-state index contributed by atoms with van der Waals surface area (Å²) in [7, 11) is 1.40. The van der Waals surface area contributed by atoms with Crippen LogP contribution in [0.4, 0.5) is 0 Å². The zero-order valence-corrected chi connectivity index (χ0v) is 16.8. The molecule has 0 aromatic heterocycles. The number of carbonyl (C=O) groups excluding carboxylic acids is 2. The van der Waals surface area contributed by atoms with E-state index in [-0.39, 0.29) is 30.0 Å². The van der Waals surface area contributed by atoms with Gasteiger partial charge in [0.1, 0.15) is 5.78 Å². The van der Waals surface area contributed by atoms with E-state index in [4.69, 9.17) is 0 Å². The first-order valence-corrected chi connectivity index (χ1v) is 10.6. The lowest BCUT2D eigenvalue weighted by atomic mass is 9.70. The number of aliphatic hydroxyl groups is 2. The molecule has 2 N–H and O–H groups in total. The van der Waals surface area contributed by atoms with E-state index in [0.29, 0.717) is 12.3 Å². The lowest BCUT2D eigenvalue weighted by molar-refractivity contribution is -0.140. The molecule has 27 heavy (non-hydrogen) atoms. The molecule has 154 valence electrons. The molecule has 4 atom stereocenters. The van der Waals surface area contributed by atoms with Gasteiger partial charge in [-0.15, -0.1) is 0 Å². The van der Waals surface area contributed by atoms with Gasteiger partial charge < -0.3 is 14.9 Å². The van der Waals surface area contributed by atoms with Gasteiger partial charge in [-0.2, -0.15) is 0 Å². The van der Waals surface area contributed by atoms with Crippen LogP contribution in [0.25, 0.3) is 0 Å². The first-order valence-electron chi connectivity index (χ1n) is 10.6. The fourth-order valence-electron chi connectivity index (χ4n) is 4.48. The van der Waals surface area contributed by atoms with E-state index >= 15 is 0 Å². The van der Waals surface area contributed by atoms with Gasteiger partial charge in [0.25, 0.3) is 0 Å². The van der Waals surface area contributed by atoms with Crippen molar-refractivity contribution in [2.75, 3.05) is 7.11 Å². The third-order valence-electron chi connectivity index (χ3n) is 6.47. The van der Waals surface area contributed by atoms with Gasteiger partial charge in [-0.25, -0.2) is 0 Å². The first-order chi connectivity index (χ1) is 13.0. The normalized spacial score (nSPS) is 31.9. The van der Waals surface area contributed by atoms with E-state index in [9.17, 15) is 19.8 Å². The molecular formula is C22H36O5. The largest absolute Gasteiger partial charge is 0.469 e. The molecule has 0 spiro atoms. The van der Waals surface area contributed by atoms with Crippen molar-refractivity contribution in [3.63, 3.8) is 0 Å². The average molecular weight is 381 g/mol. The molecule has 0 aliphatic heterocycles. The minimum absolute atomic E-state index is 0.135. The number of ketones is 1. The SMILES string of the molecule is CCC1CC([C@@H](O)C=C[C@H]2[C@H](O)CC(=O)[C@@H]2CCCCCCC(=O)OC)C1. The van der Waals surface area contributed by atoms with Crippen LogP contribution in [0.2, 0.25) is 0 Å². The smallest absolute Gasteiger partial charge is 0.305 e. The highest BCUT2D eigenvalue weighted by atomic mass is 16.5. The standard InChI is InChI=1S/C22H36O5/c1-3-15-12-16(13-15)19(23)11-10-18-17(20(24)14-21(18)25)8-6-4-5-7-9-22(26)27-2/h10-11,15-19,21,23,25H,3-9,12-14H2,1-2H3/t15?,16?,17-,18-,19+,21-/m1/s1. The van der Waals surface area contributed by atoms with E-state index in [1.807, 2.05) is 12.2 Å². The molecule has 0 amide bonds. The summed E-state index contributed by atoms with van der Waals surface area (Å²) in [4.78, 5) is 23.3. The Hall–Kier alpha value is -1.20. The van der Waals surface area contributed by atoms with Crippen LogP contribution in [0.1, 0.15) is 71.1 Å². The second-order valence-corrected chi connectivity index (χ2v) is 8.33. The Morgan fingerprint density at radius 1 is 1.26 bits per heavy atom. The number of carbonyl (C=O) groups is 2. The van der Waals surface area contributed by atoms with Crippen LogP contribution in [0.3, 0.4) is 0 Å². The summed E-state index contributed by atoms with van der Waals surface area (Å²) >= 11 is 0. The summed E-state index contributed by atoms with van der Waals surface area (Å²) in [5, 5.41) is 20.6. The zero-order chi connectivity index (χ0) is 19.8. The maximum atomic E-state index is 12.3. The molecule has 0 radical (unpaired) electrons. The molecule has 5 heteroatoms. The van der Waals surface area contributed by atoms with Gasteiger partial charge in [-0.1, -0.05) is 44.8 Å². The number of esters is 1. The summed E-state index contributed by atoms with van der Waals surface area (Å²) in [5.74, 6) is 0.705. The summed E-state index contributed by atoms with van der Waals surface area (Å²) in [5.41, 5.74) is 0. The molecule has 2 fully saturated rings. The second-order valence-electron chi connectivity index (χ2n) is 8.33. The molecule has 0 aromatic carbocycles. The monoisotopic (exact) mass is 380 g/mol. The van der Waals surface area contributed by atoms with Crippen LogP contribution in [-0.4, -0.2) is 41.3 Å². The van der Waals surface area contributed by atoms with Gasteiger partial charge in [0.05, 0.1) is 19.3 Å². The summed E-state index contributed by atoms with van der Waals surface area (Å²) in [6.45, 7) is 2.18. The van der Waals surface area contributed by atoms with Crippen molar-refractivity contribution in [1.29, 1.82) is 0 Å². The minimum Gasteiger partial charge on any atom is -0.469 e. The Morgan fingerprint density at radius 2 is 1.96 bits per heavy atom. The van der Waals surface area contributed by atoms with Gasteiger partial charge in [0.15, 0.2) is 0 Å². The summed E-state index contributed by atoms with van der Waals surface area (Å²) in [6.07, 6.45) is 11.0. The van der Waals surface area contributed by atoms with Crippen molar-refractivity contribution >= 4 is 11.8 Å². The lowest BCUT2D eigenvalue weighted by Crippen LogP contribution is -2.32. The molecule has 5 nitrogen and oxygen atoms in total. The number of rotatable bonds is 11. The number of ether oxygens (including phenoxy) is 1. The number of hydrogen-bond acceptors (Lipinski definition) is 5. The Balaban J connectivity index is 1.74. The van der Waals surface area contributed by atoms with Gasteiger partial charge in [0.2, 0.25) is 0 Å². The maximum absolute atomic E-state index is 12.3. The van der Waals surface area contributed by atoms with E-state index in [2.05, 4.69) is 11.7 Å². The predicted molar refractivity (Wildman–Crippen MR) is 104 cm³/mol. The third-order valence-corrected chi connectivity index (χ3v) is 6.47. The number of unbranched alkanes of at least 4 members (excludes halogenated alkanes) is 3. The molecule has 0 aromatic rings.